The van der Waals surface area contributed by atoms with Gasteiger partial charge in [-0.15, -0.1) is 0 Å². The van der Waals surface area contributed by atoms with Crippen molar-refractivity contribution in [2.45, 2.75) is 12.8 Å². The van der Waals surface area contributed by atoms with Gasteiger partial charge in [-0.05, 0) is 54.1 Å². The Bertz CT molecular complexity index is 1720. The first-order chi connectivity index (χ1) is 18.0. The number of hydrogen-bond donors (Lipinski definition) is 1. The second-order valence-electron chi connectivity index (χ2n) is 8.62. The number of nitrogens with zero attached hydrogens (tertiary/aromatic N) is 2. The van der Waals surface area contributed by atoms with Crippen LogP contribution in [0.15, 0.2) is 78.0 Å². The molecule has 0 spiro atoms. The molecule has 9 heteroatoms. The number of nitrogens with one attached hydrogen (secondary N) is 1. The summed E-state index contributed by atoms with van der Waals surface area (Å²) in [7, 11) is 0. The molecule has 1 aliphatic rings. The van der Waals surface area contributed by atoms with E-state index in [-0.39, 0.29) is 23.5 Å². The van der Waals surface area contributed by atoms with E-state index in [4.69, 9.17) is 9.47 Å². The third-order valence-corrected chi connectivity index (χ3v) is 6.24. The largest absolute Gasteiger partial charge is 0.492 e. The quantitative estimate of drug-likeness (QED) is 0.327. The van der Waals surface area contributed by atoms with Crippen molar-refractivity contribution in [1.82, 2.24) is 14.5 Å². The molecule has 0 radical (unpaired) electrons. The summed E-state index contributed by atoms with van der Waals surface area (Å²) in [6, 6.07) is 13.1. The molecule has 0 fully saturated rings. The van der Waals surface area contributed by atoms with E-state index in [0.717, 1.165) is 0 Å². The maximum atomic E-state index is 15.0. The van der Waals surface area contributed by atoms with Crippen molar-refractivity contribution in [3.63, 3.8) is 0 Å². The number of carbonyl (C=O) groups is 1. The van der Waals surface area contributed by atoms with Gasteiger partial charge in [0.15, 0.2) is 17.3 Å². The summed E-state index contributed by atoms with van der Waals surface area (Å²) in [5.74, 6) is -0.907. The molecule has 2 aromatic carbocycles. The molecule has 37 heavy (non-hydrogen) atoms. The van der Waals surface area contributed by atoms with E-state index < -0.39 is 23.0 Å². The molecule has 0 saturated carbocycles. The van der Waals surface area contributed by atoms with E-state index in [1.165, 1.54) is 41.0 Å². The first-order valence-corrected chi connectivity index (χ1v) is 11.6. The number of fused-ring (bicyclic) bond motifs is 2. The highest BCUT2D eigenvalue weighted by atomic mass is 19.1. The smallest absolute Gasteiger partial charge is 0.269 e. The van der Waals surface area contributed by atoms with E-state index in [1.54, 1.807) is 36.8 Å². The standard InChI is InChI=1S/C28H19F2N3O4/c29-18-2-4-19(5-3-18)33-15-17-9-12-36-26(17)25(28(33)35)22(34)14-16-1-6-24(21(30)13-16)37-23-8-11-32-27-20(23)7-10-31-27/h1-8,10-11,13,15H,9,12,14H2,(H,31,32). The summed E-state index contributed by atoms with van der Waals surface area (Å²) in [6.45, 7) is 0.340. The Morgan fingerprint density at radius 2 is 1.92 bits per heavy atom. The van der Waals surface area contributed by atoms with Crippen LogP contribution in [0.2, 0.25) is 0 Å². The Balaban J connectivity index is 1.30. The molecule has 4 heterocycles. The normalized spacial score (nSPS) is 12.4. The van der Waals surface area contributed by atoms with Gasteiger partial charge in [-0.25, -0.2) is 13.8 Å². The van der Waals surface area contributed by atoms with Crippen LogP contribution in [0.3, 0.4) is 0 Å². The Kier molecular flexibility index (Phi) is 5.52. The molecule has 0 unspecified atom stereocenters. The highest BCUT2D eigenvalue weighted by Crippen LogP contribution is 2.32. The zero-order valence-corrected chi connectivity index (χ0v) is 19.3. The topological polar surface area (TPSA) is 86.2 Å². The number of ketones is 1. The van der Waals surface area contributed by atoms with Gasteiger partial charge in [-0.1, -0.05) is 6.07 Å². The van der Waals surface area contributed by atoms with Gasteiger partial charge in [0.1, 0.15) is 28.5 Å². The van der Waals surface area contributed by atoms with Crippen molar-refractivity contribution < 1.29 is 23.0 Å². The molecule has 5 aromatic rings. The van der Waals surface area contributed by atoms with Gasteiger partial charge in [0.2, 0.25) is 0 Å². The fraction of sp³-hybridized carbons (Fsp3) is 0.107. The molecule has 7 nitrogen and oxygen atoms in total. The van der Waals surface area contributed by atoms with Crippen molar-refractivity contribution in [2.24, 2.45) is 0 Å². The van der Waals surface area contributed by atoms with Gasteiger partial charge in [0, 0.05) is 42.7 Å². The average Bonchev–Trinajstić information content (AvgIpc) is 3.56. The van der Waals surface area contributed by atoms with Crippen LogP contribution in [-0.2, 0) is 12.8 Å². The van der Waals surface area contributed by atoms with Crippen LogP contribution < -0.4 is 15.0 Å². The number of aromatic amines is 1. The second kappa shape index (κ2) is 9.02. The molecule has 3 aromatic heterocycles. The van der Waals surface area contributed by atoms with Gasteiger partial charge in [0.25, 0.3) is 5.56 Å². The van der Waals surface area contributed by atoms with E-state index >= 15 is 0 Å². The van der Waals surface area contributed by atoms with Gasteiger partial charge in [-0.3, -0.25) is 14.2 Å². The van der Waals surface area contributed by atoms with E-state index in [2.05, 4.69) is 9.97 Å². The molecule has 0 amide bonds. The minimum Gasteiger partial charge on any atom is -0.492 e. The Morgan fingerprint density at radius 1 is 1.08 bits per heavy atom. The number of rotatable bonds is 6. The highest BCUT2D eigenvalue weighted by molar-refractivity contribution is 6.00. The number of ether oxygens (including phenoxy) is 2. The van der Waals surface area contributed by atoms with Gasteiger partial charge >= 0.3 is 0 Å². The molecule has 0 saturated heterocycles. The number of benzene rings is 2. The second-order valence-corrected chi connectivity index (χ2v) is 8.62. The van der Waals surface area contributed by atoms with Crippen LogP contribution in [0.25, 0.3) is 16.7 Å². The zero-order valence-electron chi connectivity index (χ0n) is 19.3. The zero-order chi connectivity index (χ0) is 25.5. The van der Waals surface area contributed by atoms with Crippen LogP contribution >= 0.6 is 0 Å². The lowest BCUT2D eigenvalue weighted by Crippen LogP contribution is -2.27. The van der Waals surface area contributed by atoms with Crippen molar-refractivity contribution in [2.75, 3.05) is 6.61 Å². The van der Waals surface area contributed by atoms with Crippen LogP contribution in [0, 0.1) is 11.6 Å². The number of H-pyrrole nitrogens is 1. The predicted molar refractivity (Wildman–Crippen MR) is 132 cm³/mol. The summed E-state index contributed by atoms with van der Waals surface area (Å²) in [5.41, 5.74) is 1.44. The maximum Gasteiger partial charge on any atom is 0.269 e. The molecule has 0 aliphatic carbocycles. The minimum absolute atomic E-state index is 0.00694. The average molecular weight is 499 g/mol. The third-order valence-electron chi connectivity index (χ3n) is 6.24. The third kappa shape index (κ3) is 4.14. The number of pyridine rings is 2. The van der Waals surface area contributed by atoms with Gasteiger partial charge in [0.05, 0.1) is 12.0 Å². The van der Waals surface area contributed by atoms with Crippen molar-refractivity contribution >= 4 is 16.8 Å². The van der Waals surface area contributed by atoms with Crippen LogP contribution in [0.5, 0.6) is 17.2 Å². The lowest BCUT2D eigenvalue weighted by Gasteiger charge is -2.13. The van der Waals surface area contributed by atoms with Crippen molar-refractivity contribution in [3.05, 3.63) is 112 Å². The summed E-state index contributed by atoms with van der Waals surface area (Å²) in [4.78, 5) is 33.8. The number of Topliss-reactive ketones (excluding diaryl/α,β-unsaturated/α-hetero) is 1. The fourth-order valence-corrected chi connectivity index (χ4v) is 4.45. The highest BCUT2D eigenvalue weighted by Gasteiger charge is 2.27. The van der Waals surface area contributed by atoms with E-state index in [0.29, 0.717) is 46.6 Å². The Labute approximate surface area is 208 Å². The van der Waals surface area contributed by atoms with Crippen molar-refractivity contribution in [3.8, 4) is 22.9 Å². The summed E-state index contributed by atoms with van der Waals surface area (Å²) >= 11 is 0. The summed E-state index contributed by atoms with van der Waals surface area (Å²) < 4.78 is 41.0. The fourth-order valence-electron chi connectivity index (χ4n) is 4.45. The number of aromatic nitrogens is 3. The number of carbonyl (C=O) groups excluding carboxylic acids is 1. The molecular weight excluding hydrogens is 480 g/mol. The monoisotopic (exact) mass is 499 g/mol. The molecule has 1 N–H and O–H groups in total. The lowest BCUT2D eigenvalue weighted by atomic mass is 10.0. The maximum absolute atomic E-state index is 15.0. The molecule has 0 atom stereocenters. The van der Waals surface area contributed by atoms with Crippen LogP contribution in [0.4, 0.5) is 8.78 Å². The van der Waals surface area contributed by atoms with E-state index in [1.807, 2.05) is 0 Å². The predicted octanol–water partition coefficient (Wildman–Crippen LogP) is 5.14. The summed E-state index contributed by atoms with van der Waals surface area (Å²) in [6.07, 6.45) is 5.19. The molecule has 1 aliphatic heterocycles. The van der Waals surface area contributed by atoms with Gasteiger partial charge < -0.3 is 14.5 Å². The minimum atomic E-state index is -0.649. The Hall–Kier alpha value is -4.79. The first kappa shape index (κ1) is 22.7. The summed E-state index contributed by atoms with van der Waals surface area (Å²) in [5, 5.41) is 0.705. The van der Waals surface area contributed by atoms with Crippen molar-refractivity contribution in [1.29, 1.82) is 0 Å². The van der Waals surface area contributed by atoms with E-state index in [9.17, 15) is 18.4 Å². The van der Waals surface area contributed by atoms with Gasteiger partial charge in [-0.2, -0.15) is 0 Å². The molecule has 0 bridgehead atoms. The number of halogens is 2. The van der Waals surface area contributed by atoms with Crippen LogP contribution in [-0.4, -0.2) is 26.9 Å². The molecule has 184 valence electrons. The Morgan fingerprint density at radius 3 is 2.73 bits per heavy atom. The lowest BCUT2D eigenvalue weighted by molar-refractivity contribution is 0.0988. The first-order valence-electron chi connectivity index (χ1n) is 11.6. The molecule has 6 rings (SSSR count). The van der Waals surface area contributed by atoms with Crippen LogP contribution in [0.1, 0.15) is 21.5 Å². The number of hydrogen-bond acceptors (Lipinski definition) is 5. The SMILES string of the molecule is O=C(Cc1ccc(Oc2ccnc3[nH]ccc23)c(F)c1)c1c2c(cn(-c3ccc(F)cc3)c1=O)CCO2. The molecular formula is C28H19F2N3O4.